The van der Waals surface area contributed by atoms with Crippen LogP contribution in [0.25, 0.3) is 0 Å². The summed E-state index contributed by atoms with van der Waals surface area (Å²) < 4.78 is 5.72. The summed E-state index contributed by atoms with van der Waals surface area (Å²) >= 11 is 0. The van der Waals surface area contributed by atoms with E-state index in [1.807, 2.05) is 62.4 Å². The van der Waals surface area contributed by atoms with Gasteiger partial charge in [0.2, 0.25) is 5.91 Å². The lowest BCUT2D eigenvalue weighted by molar-refractivity contribution is -0.142. The molecule has 0 fully saturated rings. The van der Waals surface area contributed by atoms with Crippen LogP contribution in [0, 0.1) is 6.92 Å². The van der Waals surface area contributed by atoms with E-state index in [1.165, 1.54) is 5.56 Å². The first-order chi connectivity index (χ1) is 13.8. The van der Waals surface area contributed by atoms with Crippen LogP contribution in [-0.4, -0.2) is 35.9 Å². The molecule has 29 heavy (non-hydrogen) atoms. The first-order valence-corrected chi connectivity index (χ1v) is 10.2. The molecule has 0 aromatic heterocycles. The van der Waals surface area contributed by atoms with Crippen LogP contribution in [0.1, 0.15) is 50.3 Å². The van der Waals surface area contributed by atoms with Gasteiger partial charge in [-0.25, -0.2) is 0 Å². The zero-order chi connectivity index (χ0) is 21.4. The molecule has 1 N–H and O–H groups in total. The number of likely N-dealkylation sites (N-methyl/N-ethyl adjacent to an activating group) is 1. The Morgan fingerprint density at radius 3 is 2.28 bits per heavy atom. The molecule has 0 aliphatic heterocycles. The van der Waals surface area contributed by atoms with E-state index in [0.29, 0.717) is 24.8 Å². The van der Waals surface area contributed by atoms with E-state index in [0.717, 1.165) is 11.1 Å². The van der Waals surface area contributed by atoms with E-state index in [4.69, 9.17) is 4.74 Å². The summed E-state index contributed by atoms with van der Waals surface area (Å²) in [6, 6.07) is 15.1. The number of nitrogens with one attached hydrogen (secondary N) is 1. The van der Waals surface area contributed by atoms with Crippen molar-refractivity contribution >= 4 is 11.8 Å². The number of rotatable bonds is 9. The van der Waals surface area contributed by atoms with Gasteiger partial charge in [0.1, 0.15) is 11.8 Å². The molecule has 2 amide bonds. The maximum atomic E-state index is 13.0. The van der Waals surface area contributed by atoms with E-state index in [9.17, 15) is 9.59 Å². The van der Waals surface area contributed by atoms with Crippen molar-refractivity contribution in [2.75, 3.05) is 13.2 Å². The lowest BCUT2D eigenvalue weighted by atomic mass is 10.0. The average molecular weight is 397 g/mol. The van der Waals surface area contributed by atoms with Crippen LogP contribution < -0.4 is 10.1 Å². The molecule has 2 rings (SSSR count). The van der Waals surface area contributed by atoms with E-state index in [-0.39, 0.29) is 18.4 Å². The summed E-state index contributed by atoms with van der Waals surface area (Å²) in [4.78, 5) is 27.0. The van der Waals surface area contributed by atoms with Crippen LogP contribution in [0.5, 0.6) is 5.75 Å². The van der Waals surface area contributed by atoms with E-state index < -0.39 is 6.04 Å². The molecule has 1 atom stereocenters. The Bertz CT molecular complexity index is 815. The fourth-order valence-electron chi connectivity index (χ4n) is 3.05. The third kappa shape index (κ3) is 6.34. The maximum absolute atomic E-state index is 13.0. The summed E-state index contributed by atoms with van der Waals surface area (Å²) in [5, 5.41) is 2.80. The molecule has 5 heteroatoms. The molecule has 2 aromatic carbocycles. The van der Waals surface area contributed by atoms with Gasteiger partial charge in [0.25, 0.3) is 5.91 Å². The third-order valence-electron chi connectivity index (χ3n) is 5.03. The highest BCUT2D eigenvalue weighted by molar-refractivity contribution is 5.87. The highest BCUT2D eigenvalue weighted by atomic mass is 16.5. The van der Waals surface area contributed by atoms with Crippen molar-refractivity contribution in [3.05, 3.63) is 65.2 Å². The Kier molecular flexibility index (Phi) is 8.25. The number of carbonyl (C=O) groups excluding carboxylic acids is 2. The van der Waals surface area contributed by atoms with Gasteiger partial charge in [-0.1, -0.05) is 50.2 Å². The second-order valence-corrected chi connectivity index (χ2v) is 7.53. The van der Waals surface area contributed by atoms with Gasteiger partial charge >= 0.3 is 0 Å². The lowest BCUT2D eigenvalue weighted by Crippen LogP contribution is -2.49. The Morgan fingerprint density at radius 2 is 1.69 bits per heavy atom. The summed E-state index contributed by atoms with van der Waals surface area (Å²) in [5.41, 5.74) is 3.31. The van der Waals surface area contributed by atoms with Crippen molar-refractivity contribution in [2.24, 2.45) is 0 Å². The van der Waals surface area contributed by atoms with Crippen molar-refractivity contribution in [2.45, 2.75) is 53.1 Å². The van der Waals surface area contributed by atoms with Gasteiger partial charge in [0.15, 0.2) is 6.61 Å². The minimum atomic E-state index is -0.589. The Hall–Kier alpha value is -2.82. The molecule has 0 unspecified atom stereocenters. The normalized spacial score (nSPS) is 11.8. The van der Waals surface area contributed by atoms with Gasteiger partial charge in [-0.3, -0.25) is 9.59 Å². The average Bonchev–Trinajstić information content (AvgIpc) is 2.71. The number of benzene rings is 2. The quantitative estimate of drug-likeness (QED) is 0.696. The zero-order valence-electron chi connectivity index (χ0n) is 18.1. The van der Waals surface area contributed by atoms with E-state index in [2.05, 4.69) is 19.2 Å². The van der Waals surface area contributed by atoms with Gasteiger partial charge < -0.3 is 15.0 Å². The standard InChI is InChI=1S/C24H32N2O3/c1-6-25-24(28)19(5)26(15-21-10-8-7-9-18(21)4)23(27)16-29-22-13-11-20(12-14-22)17(2)3/h7-14,17,19H,6,15-16H2,1-5H3,(H,25,28)/t19-/m1/s1. The molecule has 2 aromatic rings. The highest BCUT2D eigenvalue weighted by Crippen LogP contribution is 2.19. The van der Waals surface area contributed by atoms with Crippen molar-refractivity contribution in [3.63, 3.8) is 0 Å². The van der Waals surface area contributed by atoms with Crippen molar-refractivity contribution in [3.8, 4) is 5.75 Å². The summed E-state index contributed by atoms with van der Waals surface area (Å²) in [5.74, 6) is 0.688. The first kappa shape index (κ1) is 22.5. The Morgan fingerprint density at radius 1 is 1.03 bits per heavy atom. The number of hydrogen-bond acceptors (Lipinski definition) is 3. The van der Waals surface area contributed by atoms with Gasteiger partial charge in [0.05, 0.1) is 0 Å². The number of nitrogens with zero attached hydrogens (tertiary/aromatic N) is 1. The van der Waals surface area contributed by atoms with Crippen LogP contribution >= 0.6 is 0 Å². The minimum Gasteiger partial charge on any atom is -0.484 e. The molecule has 0 bridgehead atoms. The summed E-state index contributed by atoms with van der Waals surface area (Å²) in [6.45, 7) is 10.6. The van der Waals surface area contributed by atoms with Gasteiger partial charge in [-0.05, 0) is 55.5 Å². The smallest absolute Gasteiger partial charge is 0.261 e. The molecular formula is C24H32N2O3. The van der Waals surface area contributed by atoms with Crippen LogP contribution in [0.15, 0.2) is 48.5 Å². The second-order valence-electron chi connectivity index (χ2n) is 7.53. The van der Waals surface area contributed by atoms with Crippen LogP contribution in [-0.2, 0) is 16.1 Å². The van der Waals surface area contributed by atoms with Crippen molar-refractivity contribution in [1.29, 1.82) is 0 Å². The molecule has 0 saturated carbocycles. The van der Waals surface area contributed by atoms with E-state index >= 15 is 0 Å². The van der Waals surface area contributed by atoms with Crippen LogP contribution in [0.4, 0.5) is 0 Å². The van der Waals surface area contributed by atoms with E-state index in [1.54, 1.807) is 11.8 Å². The predicted molar refractivity (Wildman–Crippen MR) is 116 cm³/mol. The van der Waals surface area contributed by atoms with Crippen molar-refractivity contribution in [1.82, 2.24) is 10.2 Å². The molecule has 0 radical (unpaired) electrons. The van der Waals surface area contributed by atoms with Gasteiger partial charge in [-0.2, -0.15) is 0 Å². The second kappa shape index (κ2) is 10.6. The SMILES string of the molecule is CCNC(=O)[C@@H](C)N(Cc1ccccc1C)C(=O)COc1ccc(C(C)C)cc1. The number of aryl methyl sites for hydroxylation is 1. The Balaban J connectivity index is 2.12. The number of carbonyl (C=O) groups is 2. The molecule has 0 spiro atoms. The molecular weight excluding hydrogens is 364 g/mol. The fraction of sp³-hybridized carbons (Fsp3) is 0.417. The molecule has 0 aliphatic carbocycles. The topological polar surface area (TPSA) is 58.6 Å². The summed E-state index contributed by atoms with van der Waals surface area (Å²) in [6.07, 6.45) is 0. The number of amides is 2. The lowest BCUT2D eigenvalue weighted by Gasteiger charge is -2.29. The predicted octanol–water partition coefficient (Wildman–Crippen LogP) is 4.05. The minimum absolute atomic E-state index is 0.114. The summed E-state index contributed by atoms with van der Waals surface area (Å²) in [7, 11) is 0. The number of ether oxygens (including phenoxy) is 1. The third-order valence-corrected chi connectivity index (χ3v) is 5.03. The number of hydrogen-bond donors (Lipinski definition) is 1. The molecule has 0 heterocycles. The fourth-order valence-corrected chi connectivity index (χ4v) is 3.05. The monoisotopic (exact) mass is 396 g/mol. The zero-order valence-corrected chi connectivity index (χ0v) is 18.1. The van der Waals surface area contributed by atoms with Crippen LogP contribution in [0.3, 0.4) is 0 Å². The van der Waals surface area contributed by atoms with Gasteiger partial charge in [0, 0.05) is 13.1 Å². The van der Waals surface area contributed by atoms with Crippen molar-refractivity contribution < 1.29 is 14.3 Å². The Labute approximate surface area is 174 Å². The molecule has 156 valence electrons. The highest BCUT2D eigenvalue weighted by Gasteiger charge is 2.26. The molecule has 0 aliphatic rings. The first-order valence-electron chi connectivity index (χ1n) is 10.2. The maximum Gasteiger partial charge on any atom is 0.261 e. The van der Waals surface area contributed by atoms with Gasteiger partial charge in [-0.15, -0.1) is 0 Å². The van der Waals surface area contributed by atoms with Crippen LogP contribution in [0.2, 0.25) is 0 Å². The molecule has 0 saturated heterocycles. The largest absolute Gasteiger partial charge is 0.484 e. The molecule has 5 nitrogen and oxygen atoms in total.